The number of Topliss-reactive ketones (excluding diaryl/α,β-unsaturated/α-hetero) is 1. The number of hydrogen-bond donors (Lipinski definition) is 0. The molecule has 1 amide bonds. The van der Waals surface area contributed by atoms with Gasteiger partial charge in [-0.05, 0) is 12.8 Å². The number of amides is 1. The van der Waals surface area contributed by atoms with Gasteiger partial charge in [-0.25, -0.2) is 5.06 Å². The molecular formula is C16H25NO7. The molecule has 0 aromatic carbocycles. The van der Waals surface area contributed by atoms with Crippen molar-refractivity contribution in [2.45, 2.75) is 39.2 Å². The molecule has 0 unspecified atom stereocenters. The molecule has 1 saturated carbocycles. The number of rotatable bonds is 7. The molecule has 0 radical (unpaired) electrons. The maximum absolute atomic E-state index is 12.6. The van der Waals surface area contributed by atoms with E-state index in [1.807, 2.05) is 6.92 Å². The van der Waals surface area contributed by atoms with Crippen molar-refractivity contribution in [2.75, 3.05) is 21.3 Å². The average Bonchev–Trinajstić information content (AvgIpc) is 2.91. The summed E-state index contributed by atoms with van der Waals surface area (Å²) >= 11 is 0. The highest BCUT2D eigenvalue weighted by molar-refractivity contribution is 5.93. The maximum Gasteiger partial charge on any atom is 0.310 e. The van der Waals surface area contributed by atoms with Gasteiger partial charge in [-0.3, -0.25) is 24.0 Å². The second kappa shape index (κ2) is 8.77. The van der Waals surface area contributed by atoms with Crippen LogP contribution in [0, 0.1) is 17.8 Å². The van der Waals surface area contributed by atoms with Gasteiger partial charge in [0.1, 0.15) is 11.9 Å². The Hall–Kier alpha value is -1.96. The zero-order valence-corrected chi connectivity index (χ0v) is 14.7. The van der Waals surface area contributed by atoms with Gasteiger partial charge in [-0.2, -0.15) is 0 Å². The van der Waals surface area contributed by atoms with E-state index in [4.69, 9.17) is 14.3 Å². The van der Waals surface area contributed by atoms with Crippen LogP contribution in [-0.2, 0) is 33.5 Å². The lowest BCUT2D eigenvalue weighted by atomic mass is 9.85. The molecule has 136 valence electrons. The summed E-state index contributed by atoms with van der Waals surface area (Å²) in [5, 5.41) is 0.962. The van der Waals surface area contributed by atoms with Gasteiger partial charge < -0.3 is 9.47 Å². The zero-order chi connectivity index (χ0) is 18.4. The highest BCUT2D eigenvalue weighted by Gasteiger charge is 2.55. The maximum atomic E-state index is 12.6. The third-order valence-electron chi connectivity index (χ3n) is 4.28. The summed E-state index contributed by atoms with van der Waals surface area (Å²) < 4.78 is 10.0. The van der Waals surface area contributed by atoms with Crippen molar-refractivity contribution in [3.63, 3.8) is 0 Å². The van der Waals surface area contributed by atoms with E-state index >= 15 is 0 Å². The van der Waals surface area contributed by atoms with Crippen LogP contribution in [0.25, 0.3) is 0 Å². The minimum Gasteiger partial charge on any atom is -0.469 e. The molecule has 8 heteroatoms. The lowest BCUT2D eigenvalue weighted by Crippen LogP contribution is -2.43. The van der Waals surface area contributed by atoms with Gasteiger partial charge in [0, 0.05) is 26.3 Å². The minimum atomic E-state index is -1.02. The minimum absolute atomic E-state index is 0.117. The van der Waals surface area contributed by atoms with Crippen molar-refractivity contribution in [3.8, 4) is 0 Å². The van der Waals surface area contributed by atoms with Crippen LogP contribution in [-0.4, -0.2) is 56.1 Å². The van der Waals surface area contributed by atoms with E-state index in [1.54, 1.807) is 0 Å². The van der Waals surface area contributed by atoms with Gasteiger partial charge in [-0.1, -0.05) is 6.92 Å². The molecule has 0 bridgehead atoms. The monoisotopic (exact) mass is 343 g/mol. The number of nitrogens with zero attached hydrogens (tertiary/aromatic N) is 1. The number of methoxy groups -OCH3 is 1. The van der Waals surface area contributed by atoms with E-state index < -0.39 is 41.7 Å². The first-order valence-electron chi connectivity index (χ1n) is 7.87. The van der Waals surface area contributed by atoms with Gasteiger partial charge >= 0.3 is 11.9 Å². The summed E-state index contributed by atoms with van der Waals surface area (Å²) in [5.74, 6) is -4.65. The van der Waals surface area contributed by atoms with Crippen LogP contribution in [0.1, 0.15) is 33.1 Å². The van der Waals surface area contributed by atoms with Crippen LogP contribution < -0.4 is 0 Å². The summed E-state index contributed by atoms with van der Waals surface area (Å²) in [4.78, 5) is 53.6. The summed E-state index contributed by atoms with van der Waals surface area (Å²) in [6, 6.07) is 0. The molecule has 1 fully saturated rings. The van der Waals surface area contributed by atoms with Gasteiger partial charge in [-0.15, -0.1) is 0 Å². The van der Waals surface area contributed by atoms with Crippen LogP contribution in [0.5, 0.6) is 0 Å². The highest BCUT2D eigenvalue weighted by Crippen LogP contribution is 2.42. The van der Waals surface area contributed by atoms with E-state index in [1.165, 1.54) is 28.2 Å². The van der Waals surface area contributed by atoms with Crippen molar-refractivity contribution < 1.29 is 33.5 Å². The first kappa shape index (κ1) is 20.1. The van der Waals surface area contributed by atoms with Crippen molar-refractivity contribution in [1.29, 1.82) is 0 Å². The summed E-state index contributed by atoms with van der Waals surface area (Å²) in [5.41, 5.74) is 0. The number of hydrogen-bond acceptors (Lipinski definition) is 7. The lowest BCUT2D eigenvalue weighted by molar-refractivity contribution is -0.183. The Balaban J connectivity index is 3.25. The number of ether oxygens (including phenoxy) is 2. The number of carbonyl (C=O) groups is 4. The Kier molecular flexibility index (Phi) is 7.34. The largest absolute Gasteiger partial charge is 0.469 e. The van der Waals surface area contributed by atoms with E-state index in [2.05, 4.69) is 0 Å². The van der Waals surface area contributed by atoms with E-state index in [0.29, 0.717) is 6.42 Å². The van der Waals surface area contributed by atoms with Crippen LogP contribution >= 0.6 is 0 Å². The highest BCUT2D eigenvalue weighted by atomic mass is 16.7. The van der Waals surface area contributed by atoms with Crippen molar-refractivity contribution in [2.24, 2.45) is 17.8 Å². The van der Waals surface area contributed by atoms with Crippen molar-refractivity contribution in [1.82, 2.24) is 5.06 Å². The number of ketones is 1. The van der Waals surface area contributed by atoms with Crippen molar-refractivity contribution >= 4 is 23.6 Å². The Morgan fingerprint density at radius 3 is 2.21 bits per heavy atom. The summed E-state index contributed by atoms with van der Waals surface area (Å²) in [6.07, 6.45) is 0.151. The quantitative estimate of drug-likeness (QED) is 0.496. The second-order valence-corrected chi connectivity index (χ2v) is 5.80. The molecule has 0 heterocycles. The third-order valence-corrected chi connectivity index (χ3v) is 4.28. The standard InChI is InChI=1S/C16H25NO7/c1-6-7-11(19)10-8-12(24-9(2)18)14(13(10)16(21)22-4)15(20)17(3)23-5/h10,12-14H,6-8H2,1-5H3/t10-,12+,13-,14+/m0/s1. The Labute approximate surface area is 141 Å². The second-order valence-electron chi connectivity index (χ2n) is 5.80. The summed E-state index contributed by atoms with van der Waals surface area (Å²) in [7, 11) is 3.90. The molecule has 1 aliphatic rings. The molecule has 1 aliphatic carbocycles. The van der Waals surface area contributed by atoms with E-state index in [-0.39, 0.29) is 18.6 Å². The number of carbonyl (C=O) groups excluding carboxylic acids is 4. The normalized spacial score (nSPS) is 25.9. The topological polar surface area (TPSA) is 99.2 Å². The Morgan fingerprint density at radius 2 is 1.75 bits per heavy atom. The molecular weight excluding hydrogens is 318 g/mol. The molecule has 4 atom stereocenters. The van der Waals surface area contributed by atoms with Crippen LogP contribution in [0.15, 0.2) is 0 Å². The fourth-order valence-electron chi connectivity index (χ4n) is 3.18. The van der Waals surface area contributed by atoms with Gasteiger partial charge in [0.2, 0.25) is 0 Å². The molecule has 24 heavy (non-hydrogen) atoms. The molecule has 0 saturated heterocycles. The fraction of sp³-hybridized carbons (Fsp3) is 0.750. The SMILES string of the molecule is CCCC(=O)[C@@H]1C[C@@H](OC(C)=O)[C@@H](C(=O)N(C)OC)[C@H]1C(=O)OC. The van der Waals surface area contributed by atoms with Gasteiger partial charge in [0.15, 0.2) is 0 Å². The third kappa shape index (κ3) is 4.31. The number of hydroxylamine groups is 2. The first-order valence-corrected chi connectivity index (χ1v) is 7.87. The first-order chi connectivity index (χ1) is 11.3. The summed E-state index contributed by atoms with van der Waals surface area (Å²) in [6.45, 7) is 3.07. The Morgan fingerprint density at radius 1 is 1.12 bits per heavy atom. The predicted octanol–water partition coefficient (Wildman–Crippen LogP) is 0.732. The van der Waals surface area contributed by atoms with E-state index in [0.717, 1.165) is 5.06 Å². The van der Waals surface area contributed by atoms with Gasteiger partial charge in [0.05, 0.1) is 26.1 Å². The average molecular weight is 343 g/mol. The molecule has 8 nitrogen and oxygen atoms in total. The fourth-order valence-corrected chi connectivity index (χ4v) is 3.18. The van der Waals surface area contributed by atoms with Crippen LogP contribution in [0.2, 0.25) is 0 Å². The van der Waals surface area contributed by atoms with Gasteiger partial charge in [0.25, 0.3) is 5.91 Å². The predicted molar refractivity (Wildman–Crippen MR) is 82.4 cm³/mol. The smallest absolute Gasteiger partial charge is 0.310 e. The Bertz CT molecular complexity index is 505. The lowest BCUT2D eigenvalue weighted by Gasteiger charge is -2.26. The van der Waals surface area contributed by atoms with Crippen LogP contribution in [0.3, 0.4) is 0 Å². The molecule has 0 aromatic heterocycles. The molecule has 0 aliphatic heterocycles. The molecule has 0 spiro atoms. The number of esters is 2. The molecule has 0 aromatic rings. The zero-order valence-electron chi connectivity index (χ0n) is 14.7. The van der Waals surface area contributed by atoms with Crippen LogP contribution in [0.4, 0.5) is 0 Å². The van der Waals surface area contributed by atoms with E-state index in [9.17, 15) is 19.2 Å². The molecule has 1 rings (SSSR count). The van der Waals surface area contributed by atoms with Crippen molar-refractivity contribution in [3.05, 3.63) is 0 Å². The molecule has 0 N–H and O–H groups in total.